The number of aromatic hydroxyl groups is 3. The van der Waals surface area contributed by atoms with Crippen LogP contribution in [0.2, 0.25) is 0 Å². The number of fused-ring (bicyclic) bond motifs is 14. The number of carbonyl (C=O) groups is 3. The Hall–Kier alpha value is -5.90. The Morgan fingerprint density at radius 2 is 1.61 bits per heavy atom. The Labute approximate surface area is 342 Å². The summed E-state index contributed by atoms with van der Waals surface area (Å²) in [5, 5.41) is 64.4. The normalized spacial score (nSPS) is 30.0. The number of ketones is 1. The standard InChI is InChI=1S/C44H53N3O12/c1-21-14-13-15-22(2)43(55)46-34-29(20-45-47-28-16-11-10-12-17-28)38(52)31-32(39(34)53)37(51)26(6)41-33(31)42(54)44(8,59-41)57-19-18-30(56-9)23(3)40(58-27(7)48)25(5)36(50)24(4)35(21)49/h10-21,23-25,30,35-36,40,47,49-53H,1-9H3,(H,46,55)/b14-13+,19-18+,22-15-,45-20?/t21-,23-,24+,25-,30-,35-,36+,40+,44-/m0/s1. The molecule has 15 nitrogen and oxygen atoms in total. The van der Waals surface area contributed by atoms with Crippen LogP contribution in [-0.2, 0) is 23.8 Å². The fourth-order valence-corrected chi connectivity index (χ4v) is 7.56. The second-order valence-electron chi connectivity index (χ2n) is 15.4. The Morgan fingerprint density at radius 1 is 0.932 bits per heavy atom. The van der Waals surface area contributed by atoms with Crippen LogP contribution < -0.4 is 15.5 Å². The number of esters is 1. The quantitative estimate of drug-likeness (QED) is 0.0501. The summed E-state index contributed by atoms with van der Waals surface area (Å²) in [6.45, 7) is 12.4. The number of amides is 1. The number of ether oxygens (including phenoxy) is 4. The summed E-state index contributed by atoms with van der Waals surface area (Å²) in [6, 6.07) is 8.84. The van der Waals surface area contributed by atoms with Gasteiger partial charge in [-0.1, -0.05) is 64.1 Å². The molecule has 3 aromatic rings. The van der Waals surface area contributed by atoms with Crippen molar-refractivity contribution in [2.45, 2.75) is 85.6 Å². The van der Waals surface area contributed by atoms with E-state index in [1.165, 1.54) is 53.2 Å². The van der Waals surface area contributed by atoms with Gasteiger partial charge in [0.1, 0.15) is 23.4 Å². The number of aliphatic hydroxyl groups is 2. The maximum Gasteiger partial charge on any atom is 0.312 e. The number of nitrogens with one attached hydrogen (secondary N) is 2. The van der Waals surface area contributed by atoms with E-state index in [9.17, 15) is 39.9 Å². The summed E-state index contributed by atoms with van der Waals surface area (Å²) in [5.74, 6) is -8.60. The van der Waals surface area contributed by atoms with Gasteiger partial charge in [0.2, 0.25) is 0 Å². The average molecular weight is 816 g/mol. The number of benzene rings is 3. The van der Waals surface area contributed by atoms with Crippen LogP contribution in [-0.4, -0.2) is 86.7 Å². The van der Waals surface area contributed by atoms with E-state index in [-0.39, 0.29) is 44.5 Å². The fourth-order valence-electron chi connectivity index (χ4n) is 7.56. The molecule has 3 aromatic carbocycles. The summed E-state index contributed by atoms with van der Waals surface area (Å²) >= 11 is 0. The number of para-hydroxylation sites is 1. The van der Waals surface area contributed by atoms with Crippen molar-refractivity contribution < 1.29 is 58.9 Å². The van der Waals surface area contributed by atoms with Crippen molar-refractivity contribution in [3.63, 3.8) is 0 Å². The van der Waals surface area contributed by atoms with Gasteiger partial charge < -0.3 is 49.8 Å². The number of allylic oxidation sites excluding steroid dienone is 2. The topological polar surface area (TPSA) is 226 Å². The lowest BCUT2D eigenvalue weighted by Crippen LogP contribution is -2.46. The zero-order valence-corrected chi connectivity index (χ0v) is 34.5. The van der Waals surface area contributed by atoms with Gasteiger partial charge in [0, 0.05) is 61.2 Å². The molecule has 3 aliphatic rings. The molecule has 0 aliphatic carbocycles. The number of Topliss-reactive ketones (excluding diaryl/α,β-unsaturated/α-hetero) is 1. The van der Waals surface area contributed by atoms with Gasteiger partial charge in [-0.3, -0.25) is 19.8 Å². The number of methoxy groups -OCH3 is 1. The second kappa shape index (κ2) is 17.9. The lowest BCUT2D eigenvalue weighted by molar-refractivity contribution is -0.160. The minimum Gasteiger partial charge on any atom is -0.507 e. The van der Waals surface area contributed by atoms with Gasteiger partial charge in [-0.2, -0.15) is 5.10 Å². The Morgan fingerprint density at radius 3 is 2.25 bits per heavy atom. The second-order valence-corrected chi connectivity index (χ2v) is 15.4. The lowest BCUT2D eigenvalue weighted by Gasteiger charge is -2.38. The van der Waals surface area contributed by atoms with E-state index in [1.54, 1.807) is 64.1 Å². The number of nitrogens with zero attached hydrogens (tertiary/aromatic N) is 1. The molecule has 1 amide bonds. The number of hydrazone groups is 1. The highest BCUT2D eigenvalue weighted by Gasteiger charge is 2.50. The predicted molar refractivity (Wildman–Crippen MR) is 221 cm³/mol. The van der Waals surface area contributed by atoms with Crippen LogP contribution in [0, 0.1) is 30.6 Å². The molecule has 5 bridgehead atoms. The number of phenolic OH excluding ortho intramolecular Hbond substituents is 3. The molecule has 9 atom stereocenters. The number of carbonyl (C=O) groups excluding carboxylic acids is 3. The van der Waals surface area contributed by atoms with E-state index < -0.39 is 88.8 Å². The monoisotopic (exact) mass is 815 g/mol. The molecular weight excluding hydrogens is 762 g/mol. The van der Waals surface area contributed by atoms with Crippen LogP contribution in [0.4, 0.5) is 11.4 Å². The molecule has 0 spiro atoms. The Balaban J connectivity index is 1.71. The predicted octanol–water partition coefficient (Wildman–Crippen LogP) is 6.20. The Kier molecular flexibility index (Phi) is 13.4. The smallest absolute Gasteiger partial charge is 0.312 e. The number of hydrogen-bond acceptors (Lipinski definition) is 14. The number of hydrogen-bond donors (Lipinski definition) is 7. The zero-order chi connectivity index (χ0) is 43.5. The van der Waals surface area contributed by atoms with Crippen LogP contribution in [0.1, 0.15) is 70.0 Å². The van der Waals surface area contributed by atoms with Crippen molar-refractivity contribution in [3.05, 3.63) is 83.2 Å². The number of rotatable bonds is 5. The molecule has 0 radical (unpaired) electrons. The highest BCUT2D eigenvalue weighted by molar-refractivity contribution is 6.23. The highest BCUT2D eigenvalue weighted by atomic mass is 16.7. The van der Waals surface area contributed by atoms with Crippen molar-refractivity contribution in [2.75, 3.05) is 17.9 Å². The maximum absolute atomic E-state index is 14.4. The number of phenols is 3. The van der Waals surface area contributed by atoms with Gasteiger partial charge in [0.15, 0.2) is 5.75 Å². The molecule has 316 valence electrons. The minimum absolute atomic E-state index is 0.0359. The molecule has 0 saturated heterocycles. The lowest BCUT2D eigenvalue weighted by atomic mass is 9.78. The van der Waals surface area contributed by atoms with Crippen molar-refractivity contribution in [1.82, 2.24) is 0 Å². The van der Waals surface area contributed by atoms with E-state index in [4.69, 9.17) is 18.9 Å². The summed E-state index contributed by atoms with van der Waals surface area (Å²) < 4.78 is 23.5. The van der Waals surface area contributed by atoms with E-state index in [1.807, 2.05) is 6.07 Å². The molecule has 7 N–H and O–H groups in total. The SMILES string of the molecule is CO[C@H]1/C=C/O[C@@]2(C)Oc3c(C)c(O)c4c(O)c(c(C=NNc5ccccc5)c(O)c4c3C2=O)NC(=O)/C(C)=C\C=C\[C@H](C)[C@H](O)[C@@H](C)[C@@H](O)[C@H](C)[C@H](OC(C)=O)[C@H]1C. The molecule has 0 fully saturated rings. The summed E-state index contributed by atoms with van der Waals surface area (Å²) in [5.41, 5.74) is 2.84. The first-order chi connectivity index (χ1) is 27.8. The van der Waals surface area contributed by atoms with Gasteiger partial charge in [-0.15, -0.1) is 0 Å². The fraction of sp³-hybridized carbons (Fsp3) is 0.409. The molecule has 3 aliphatic heterocycles. The van der Waals surface area contributed by atoms with E-state index in [0.29, 0.717) is 5.69 Å². The summed E-state index contributed by atoms with van der Waals surface area (Å²) in [4.78, 5) is 40.4. The zero-order valence-electron chi connectivity index (χ0n) is 34.5. The van der Waals surface area contributed by atoms with Crippen molar-refractivity contribution in [1.29, 1.82) is 0 Å². The average Bonchev–Trinajstić information content (AvgIpc) is 3.47. The number of anilines is 2. The molecular formula is C44H53N3O12. The molecule has 6 rings (SSSR count). The van der Waals surface area contributed by atoms with Crippen molar-refractivity contribution in [2.24, 2.45) is 28.8 Å². The Bertz CT molecular complexity index is 2220. The van der Waals surface area contributed by atoms with E-state index in [0.717, 1.165) is 6.21 Å². The molecule has 0 aromatic heterocycles. The first-order valence-electron chi connectivity index (χ1n) is 19.3. The van der Waals surface area contributed by atoms with E-state index >= 15 is 0 Å². The van der Waals surface area contributed by atoms with Gasteiger partial charge >= 0.3 is 11.8 Å². The third-order valence-electron chi connectivity index (χ3n) is 11.2. The summed E-state index contributed by atoms with van der Waals surface area (Å²) in [7, 11) is 1.43. The van der Waals surface area contributed by atoms with Crippen LogP contribution in [0.25, 0.3) is 10.8 Å². The van der Waals surface area contributed by atoms with Gasteiger partial charge in [-0.25, -0.2) is 0 Å². The van der Waals surface area contributed by atoms with Gasteiger partial charge in [0.25, 0.3) is 11.7 Å². The first-order valence-corrected chi connectivity index (χ1v) is 19.3. The molecule has 0 unspecified atom stereocenters. The van der Waals surface area contributed by atoms with Crippen LogP contribution in [0.15, 0.2) is 71.6 Å². The minimum atomic E-state index is -2.06. The van der Waals surface area contributed by atoms with Gasteiger partial charge in [-0.05, 0) is 32.1 Å². The molecule has 15 heteroatoms. The van der Waals surface area contributed by atoms with Crippen LogP contribution >= 0.6 is 0 Å². The molecule has 59 heavy (non-hydrogen) atoms. The third-order valence-corrected chi connectivity index (χ3v) is 11.2. The van der Waals surface area contributed by atoms with E-state index in [2.05, 4.69) is 15.8 Å². The summed E-state index contributed by atoms with van der Waals surface area (Å²) in [6.07, 6.45) is 4.61. The van der Waals surface area contributed by atoms with Crippen LogP contribution in [0.3, 0.4) is 0 Å². The maximum atomic E-state index is 14.4. The third kappa shape index (κ3) is 8.77. The van der Waals surface area contributed by atoms with Crippen molar-refractivity contribution in [3.8, 4) is 23.0 Å². The van der Waals surface area contributed by atoms with Crippen LogP contribution in [0.5, 0.6) is 23.0 Å². The van der Waals surface area contributed by atoms with Crippen molar-refractivity contribution >= 4 is 46.0 Å². The van der Waals surface area contributed by atoms with Gasteiger partial charge in [0.05, 0.1) is 58.7 Å². The highest BCUT2D eigenvalue weighted by Crippen LogP contribution is 2.55. The molecule has 3 heterocycles. The number of aliphatic hydroxyl groups excluding tert-OH is 2. The molecule has 0 saturated carbocycles. The largest absolute Gasteiger partial charge is 0.507 e. The first kappa shape index (κ1) is 44.2.